The second-order valence-corrected chi connectivity index (χ2v) is 6.46. The van der Waals surface area contributed by atoms with Gasteiger partial charge in [0.2, 0.25) is 5.95 Å². The highest BCUT2D eigenvalue weighted by molar-refractivity contribution is 5.85. The second-order valence-electron chi connectivity index (χ2n) is 6.46. The predicted octanol–water partition coefficient (Wildman–Crippen LogP) is 2.99. The molecule has 0 radical (unpaired) electrons. The third kappa shape index (κ3) is 4.65. The molecule has 2 aromatic heterocycles. The third-order valence-corrected chi connectivity index (χ3v) is 4.53. The van der Waals surface area contributed by atoms with Gasteiger partial charge in [-0.3, -0.25) is 4.57 Å². The SMILES string of the molecule is Cl.Fc1cccc(C[C@@H]2C[C@H]2NCCc2ccnc(-n3ccnc3)n2)c1. The molecule has 2 atom stereocenters. The van der Waals surface area contributed by atoms with Gasteiger partial charge in [-0.15, -0.1) is 12.4 Å². The zero-order valence-electron chi connectivity index (χ0n) is 14.3. The second kappa shape index (κ2) is 8.38. The summed E-state index contributed by atoms with van der Waals surface area (Å²) in [6.45, 7) is 0.880. The number of aromatic nitrogens is 4. The lowest BCUT2D eigenvalue weighted by molar-refractivity contribution is 0.613. The average Bonchev–Trinajstić information content (AvgIpc) is 3.11. The maximum atomic E-state index is 13.2. The molecule has 1 saturated carbocycles. The lowest BCUT2D eigenvalue weighted by Gasteiger charge is -2.06. The monoisotopic (exact) mass is 373 g/mol. The Morgan fingerprint density at radius 2 is 2.15 bits per heavy atom. The van der Waals surface area contributed by atoms with E-state index in [2.05, 4.69) is 20.3 Å². The largest absolute Gasteiger partial charge is 0.313 e. The van der Waals surface area contributed by atoms with Crippen LogP contribution in [0.4, 0.5) is 4.39 Å². The molecule has 5 nitrogen and oxygen atoms in total. The number of imidazole rings is 1. The van der Waals surface area contributed by atoms with Gasteiger partial charge >= 0.3 is 0 Å². The predicted molar refractivity (Wildman–Crippen MR) is 100 cm³/mol. The Kier molecular flexibility index (Phi) is 5.96. The topological polar surface area (TPSA) is 55.6 Å². The number of benzene rings is 1. The molecule has 1 aliphatic carbocycles. The first-order chi connectivity index (χ1) is 12.3. The Morgan fingerprint density at radius 1 is 1.23 bits per heavy atom. The van der Waals surface area contributed by atoms with E-state index in [4.69, 9.17) is 0 Å². The number of hydrogen-bond donors (Lipinski definition) is 1. The third-order valence-electron chi connectivity index (χ3n) is 4.53. The maximum Gasteiger partial charge on any atom is 0.235 e. The molecule has 0 saturated heterocycles. The highest BCUT2D eigenvalue weighted by atomic mass is 35.5. The first-order valence-electron chi connectivity index (χ1n) is 8.56. The first-order valence-corrected chi connectivity index (χ1v) is 8.56. The zero-order valence-corrected chi connectivity index (χ0v) is 15.1. The molecule has 1 aliphatic rings. The van der Waals surface area contributed by atoms with Crippen molar-refractivity contribution < 1.29 is 4.39 Å². The molecule has 2 heterocycles. The molecule has 1 fully saturated rings. The van der Waals surface area contributed by atoms with Crippen LogP contribution in [0.1, 0.15) is 17.7 Å². The summed E-state index contributed by atoms with van der Waals surface area (Å²) in [5.74, 6) is 1.10. The molecule has 0 amide bonds. The van der Waals surface area contributed by atoms with E-state index in [0.29, 0.717) is 17.9 Å². The fraction of sp³-hybridized carbons (Fsp3) is 0.316. The molecule has 0 spiro atoms. The summed E-state index contributed by atoms with van der Waals surface area (Å²) in [5.41, 5.74) is 2.09. The maximum absolute atomic E-state index is 13.2. The van der Waals surface area contributed by atoms with Gasteiger partial charge in [-0.2, -0.15) is 0 Å². The molecule has 3 aromatic rings. The van der Waals surface area contributed by atoms with Crippen LogP contribution in [-0.4, -0.2) is 32.1 Å². The quantitative estimate of drug-likeness (QED) is 0.691. The van der Waals surface area contributed by atoms with E-state index in [1.54, 1.807) is 35.4 Å². The summed E-state index contributed by atoms with van der Waals surface area (Å²) < 4.78 is 15.0. The van der Waals surface area contributed by atoms with E-state index in [1.165, 1.54) is 6.07 Å². The van der Waals surface area contributed by atoms with Crippen molar-refractivity contribution in [2.24, 2.45) is 5.92 Å². The number of hydrogen-bond acceptors (Lipinski definition) is 4. The van der Waals surface area contributed by atoms with Gasteiger partial charge in [0.15, 0.2) is 0 Å². The van der Waals surface area contributed by atoms with Gasteiger partial charge in [0, 0.05) is 43.3 Å². The van der Waals surface area contributed by atoms with Crippen LogP contribution in [0, 0.1) is 11.7 Å². The standard InChI is InChI=1S/C19H20FN5.ClH/c20-16-3-1-2-14(11-16)10-15-12-18(15)22-6-4-17-5-7-23-19(24-17)25-9-8-21-13-25;/h1-3,5,7-9,11,13,15,18,22H,4,6,10,12H2;1H/t15-,18-;/m1./s1. The van der Waals surface area contributed by atoms with E-state index < -0.39 is 0 Å². The minimum atomic E-state index is -0.153. The molecule has 1 aromatic carbocycles. The van der Waals surface area contributed by atoms with E-state index in [1.807, 2.05) is 18.3 Å². The van der Waals surface area contributed by atoms with Crippen LogP contribution >= 0.6 is 12.4 Å². The highest BCUT2D eigenvalue weighted by Gasteiger charge is 2.36. The van der Waals surface area contributed by atoms with Crippen LogP contribution in [0.2, 0.25) is 0 Å². The van der Waals surface area contributed by atoms with Crippen LogP contribution in [0.25, 0.3) is 5.95 Å². The van der Waals surface area contributed by atoms with E-state index in [-0.39, 0.29) is 18.2 Å². The van der Waals surface area contributed by atoms with Crippen LogP contribution in [-0.2, 0) is 12.8 Å². The molecule has 7 heteroatoms. The Hall–Kier alpha value is -2.31. The minimum absolute atomic E-state index is 0. The molecule has 26 heavy (non-hydrogen) atoms. The summed E-state index contributed by atoms with van der Waals surface area (Å²) >= 11 is 0. The van der Waals surface area contributed by atoms with Gasteiger partial charge < -0.3 is 5.32 Å². The van der Waals surface area contributed by atoms with Gasteiger partial charge in [-0.1, -0.05) is 12.1 Å². The van der Waals surface area contributed by atoms with Crippen molar-refractivity contribution in [3.05, 3.63) is 72.3 Å². The summed E-state index contributed by atoms with van der Waals surface area (Å²) in [6, 6.07) is 9.37. The summed E-state index contributed by atoms with van der Waals surface area (Å²) in [4.78, 5) is 12.8. The van der Waals surface area contributed by atoms with Crippen molar-refractivity contribution in [3.63, 3.8) is 0 Å². The number of nitrogens with zero attached hydrogens (tertiary/aromatic N) is 4. The van der Waals surface area contributed by atoms with Gasteiger partial charge in [-0.05, 0) is 42.5 Å². The Bertz CT molecular complexity index is 839. The molecule has 0 bridgehead atoms. The Morgan fingerprint density at radius 3 is 2.96 bits per heavy atom. The first kappa shape index (κ1) is 18.5. The molecular weight excluding hydrogens is 353 g/mol. The molecule has 4 rings (SSSR count). The van der Waals surface area contributed by atoms with Crippen molar-refractivity contribution in [1.82, 2.24) is 24.8 Å². The van der Waals surface area contributed by atoms with Crippen LogP contribution < -0.4 is 5.32 Å². The van der Waals surface area contributed by atoms with Crippen LogP contribution in [0.5, 0.6) is 0 Å². The zero-order chi connectivity index (χ0) is 17.1. The smallest absolute Gasteiger partial charge is 0.235 e. The fourth-order valence-corrected chi connectivity index (χ4v) is 3.10. The molecular formula is C19H21ClFN5. The highest BCUT2D eigenvalue weighted by Crippen LogP contribution is 2.33. The average molecular weight is 374 g/mol. The summed E-state index contributed by atoms with van der Waals surface area (Å²) in [7, 11) is 0. The van der Waals surface area contributed by atoms with E-state index >= 15 is 0 Å². The normalized spacial score (nSPS) is 18.3. The van der Waals surface area contributed by atoms with Crippen molar-refractivity contribution >= 4 is 12.4 Å². The van der Waals surface area contributed by atoms with Crippen molar-refractivity contribution in [3.8, 4) is 5.95 Å². The Balaban J connectivity index is 0.00000196. The number of nitrogens with one attached hydrogen (secondary N) is 1. The van der Waals surface area contributed by atoms with Crippen molar-refractivity contribution in [1.29, 1.82) is 0 Å². The molecule has 136 valence electrons. The van der Waals surface area contributed by atoms with Gasteiger partial charge in [-0.25, -0.2) is 19.3 Å². The number of rotatable bonds is 7. The van der Waals surface area contributed by atoms with Gasteiger partial charge in [0.25, 0.3) is 0 Å². The lowest BCUT2D eigenvalue weighted by atomic mass is 10.1. The number of halogens is 2. The van der Waals surface area contributed by atoms with Crippen LogP contribution in [0.3, 0.4) is 0 Å². The Labute approximate surface area is 158 Å². The molecule has 1 N–H and O–H groups in total. The van der Waals surface area contributed by atoms with Gasteiger partial charge in [0.05, 0.1) is 0 Å². The van der Waals surface area contributed by atoms with Crippen molar-refractivity contribution in [2.45, 2.75) is 25.3 Å². The summed E-state index contributed by atoms with van der Waals surface area (Å²) in [5, 5.41) is 3.57. The van der Waals surface area contributed by atoms with Gasteiger partial charge in [0.1, 0.15) is 12.1 Å². The van der Waals surface area contributed by atoms with Crippen LogP contribution in [0.15, 0.2) is 55.2 Å². The molecule has 0 aliphatic heterocycles. The van der Waals surface area contributed by atoms with E-state index in [9.17, 15) is 4.39 Å². The minimum Gasteiger partial charge on any atom is -0.313 e. The molecule has 0 unspecified atom stereocenters. The van der Waals surface area contributed by atoms with E-state index in [0.717, 1.165) is 37.1 Å². The fourth-order valence-electron chi connectivity index (χ4n) is 3.10. The summed E-state index contributed by atoms with van der Waals surface area (Å²) in [6.07, 6.45) is 9.96. The van der Waals surface area contributed by atoms with Crippen molar-refractivity contribution in [2.75, 3.05) is 6.54 Å². The lowest BCUT2D eigenvalue weighted by Crippen LogP contribution is -2.22.